The molecule has 0 saturated heterocycles. The SMILES string of the molecule is COC(CNC(=O)CCc1cscn1)c1cccc(Cl)c1. The van der Waals surface area contributed by atoms with Gasteiger partial charge < -0.3 is 10.1 Å². The van der Waals surface area contributed by atoms with Gasteiger partial charge in [-0.1, -0.05) is 23.7 Å². The first-order valence-corrected chi connectivity index (χ1v) is 7.93. The second kappa shape index (κ2) is 8.12. The summed E-state index contributed by atoms with van der Waals surface area (Å²) in [7, 11) is 1.62. The molecule has 1 amide bonds. The molecule has 1 atom stereocenters. The van der Waals surface area contributed by atoms with Crippen LogP contribution in [-0.2, 0) is 16.0 Å². The molecule has 0 saturated carbocycles. The van der Waals surface area contributed by atoms with Gasteiger partial charge in [-0.25, -0.2) is 4.98 Å². The topological polar surface area (TPSA) is 51.2 Å². The standard InChI is InChI=1S/C15H17ClN2O2S/c1-20-14(11-3-2-4-12(16)7-11)8-17-15(19)6-5-13-9-21-10-18-13/h2-4,7,9-10,14H,5-6,8H2,1H3,(H,17,19). The molecule has 0 aliphatic rings. The van der Waals surface area contributed by atoms with E-state index in [1.165, 1.54) is 11.3 Å². The highest BCUT2D eigenvalue weighted by molar-refractivity contribution is 7.07. The van der Waals surface area contributed by atoms with E-state index in [2.05, 4.69) is 10.3 Å². The largest absolute Gasteiger partial charge is 0.375 e. The summed E-state index contributed by atoms with van der Waals surface area (Å²) in [6.07, 6.45) is 0.881. The second-order valence-electron chi connectivity index (χ2n) is 4.56. The molecule has 1 N–H and O–H groups in total. The fourth-order valence-corrected chi connectivity index (χ4v) is 2.73. The first kappa shape index (κ1) is 15.9. The molecule has 0 fully saturated rings. The second-order valence-corrected chi connectivity index (χ2v) is 5.72. The Balaban J connectivity index is 1.81. The van der Waals surface area contributed by atoms with E-state index in [1.54, 1.807) is 12.6 Å². The minimum Gasteiger partial charge on any atom is -0.375 e. The van der Waals surface area contributed by atoms with E-state index in [-0.39, 0.29) is 12.0 Å². The van der Waals surface area contributed by atoms with Crippen LogP contribution in [-0.4, -0.2) is 24.5 Å². The molecule has 1 heterocycles. The van der Waals surface area contributed by atoms with Crippen molar-refractivity contribution >= 4 is 28.8 Å². The number of benzene rings is 1. The van der Waals surface area contributed by atoms with Crippen LogP contribution in [0.15, 0.2) is 35.2 Å². The van der Waals surface area contributed by atoms with Crippen LogP contribution in [0.5, 0.6) is 0 Å². The molecule has 0 spiro atoms. The number of thiazole rings is 1. The van der Waals surface area contributed by atoms with Gasteiger partial charge >= 0.3 is 0 Å². The Morgan fingerprint density at radius 2 is 2.38 bits per heavy atom. The first-order valence-electron chi connectivity index (χ1n) is 6.61. The van der Waals surface area contributed by atoms with E-state index >= 15 is 0 Å². The maximum absolute atomic E-state index is 11.8. The lowest BCUT2D eigenvalue weighted by atomic mass is 10.1. The number of nitrogens with zero attached hydrogens (tertiary/aromatic N) is 1. The molecular weight excluding hydrogens is 308 g/mol. The van der Waals surface area contributed by atoms with Crippen molar-refractivity contribution in [2.75, 3.05) is 13.7 Å². The summed E-state index contributed by atoms with van der Waals surface area (Å²) >= 11 is 7.50. The molecule has 0 aliphatic carbocycles. The number of methoxy groups -OCH3 is 1. The predicted octanol–water partition coefficient (Wildman–Crippen LogP) is 3.23. The third-order valence-corrected chi connectivity index (χ3v) is 3.95. The van der Waals surface area contributed by atoms with Gasteiger partial charge in [0.25, 0.3) is 0 Å². The van der Waals surface area contributed by atoms with Gasteiger partial charge in [0, 0.05) is 30.5 Å². The molecule has 2 aromatic rings. The molecule has 21 heavy (non-hydrogen) atoms. The summed E-state index contributed by atoms with van der Waals surface area (Å²) in [5, 5.41) is 5.50. The maximum atomic E-state index is 11.8. The molecule has 4 nitrogen and oxygen atoms in total. The highest BCUT2D eigenvalue weighted by Crippen LogP contribution is 2.19. The lowest BCUT2D eigenvalue weighted by Gasteiger charge is -2.16. The number of hydrogen-bond donors (Lipinski definition) is 1. The molecule has 2 rings (SSSR count). The number of ether oxygens (including phenoxy) is 1. The van der Waals surface area contributed by atoms with Crippen LogP contribution in [0, 0.1) is 0 Å². The predicted molar refractivity (Wildman–Crippen MR) is 84.6 cm³/mol. The third-order valence-electron chi connectivity index (χ3n) is 3.08. The van der Waals surface area contributed by atoms with Crippen molar-refractivity contribution in [2.24, 2.45) is 0 Å². The van der Waals surface area contributed by atoms with Gasteiger partial charge in [-0.15, -0.1) is 11.3 Å². The van der Waals surface area contributed by atoms with E-state index in [0.29, 0.717) is 24.4 Å². The van der Waals surface area contributed by atoms with Gasteiger partial charge in [-0.3, -0.25) is 4.79 Å². The van der Waals surface area contributed by atoms with Crippen LogP contribution < -0.4 is 5.32 Å². The summed E-state index contributed by atoms with van der Waals surface area (Å²) in [5.41, 5.74) is 3.67. The van der Waals surface area contributed by atoms with Crippen molar-refractivity contribution in [1.82, 2.24) is 10.3 Å². The van der Waals surface area contributed by atoms with Crippen LogP contribution in [0.2, 0.25) is 5.02 Å². The summed E-state index contributed by atoms with van der Waals surface area (Å²) in [5.74, 6) is -0.00734. The molecule has 6 heteroatoms. The van der Waals surface area contributed by atoms with Crippen molar-refractivity contribution in [1.29, 1.82) is 0 Å². The van der Waals surface area contributed by atoms with Crippen molar-refractivity contribution in [3.8, 4) is 0 Å². The molecule has 1 aromatic heterocycles. The van der Waals surface area contributed by atoms with Gasteiger partial charge in [-0.05, 0) is 24.1 Å². The fourth-order valence-electron chi connectivity index (χ4n) is 1.94. The average Bonchev–Trinajstić information content (AvgIpc) is 2.99. The summed E-state index contributed by atoms with van der Waals surface area (Å²) in [4.78, 5) is 16.0. The van der Waals surface area contributed by atoms with Crippen LogP contribution in [0.3, 0.4) is 0 Å². The van der Waals surface area contributed by atoms with Crippen LogP contribution in [0.25, 0.3) is 0 Å². The number of nitrogens with one attached hydrogen (secondary N) is 1. The zero-order valence-corrected chi connectivity index (χ0v) is 13.3. The zero-order chi connectivity index (χ0) is 15.1. The van der Waals surface area contributed by atoms with Gasteiger partial charge in [0.1, 0.15) is 0 Å². The molecule has 0 bridgehead atoms. The highest BCUT2D eigenvalue weighted by atomic mass is 35.5. The smallest absolute Gasteiger partial charge is 0.220 e. The van der Waals surface area contributed by atoms with E-state index in [1.807, 2.05) is 29.6 Å². The molecule has 1 unspecified atom stereocenters. The van der Waals surface area contributed by atoms with E-state index in [9.17, 15) is 4.79 Å². The van der Waals surface area contributed by atoms with E-state index in [0.717, 1.165) is 11.3 Å². The van der Waals surface area contributed by atoms with Crippen molar-refractivity contribution in [3.05, 3.63) is 51.4 Å². The van der Waals surface area contributed by atoms with Gasteiger partial charge in [0.2, 0.25) is 5.91 Å². The Hall–Kier alpha value is -1.43. The van der Waals surface area contributed by atoms with Crippen molar-refractivity contribution in [3.63, 3.8) is 0 Å². The first-order chi connectivity index (χ1) is 10.2. The number of halogens is 1. The molecule has 0 aliphatic heterocycles. The van der Waals surface area contributed by atoms with Crippen molar-refractivity contribution < 1.29 is 9.53 Å². The van der Waals surface area contributed by atoms with Gasteiger partial charge in [-0.2, -0.15) is 0 Å². The lowest BCUT2D eigenvalue weighted by molar-refractivity contribution is -0.121. The summed E-state index contributed by atoms with van der Waals surface area (Å²) in [6, 6.07) is 7.45. The Labute approximate surface area is 133 Å². The summed E-state index contributed by atoms with van der Waals surface area (Å²) in [6.45, 7) is 0.423. The number of carbonyl (C=O) groups is 1. The Bertz CT molecular complexity index is 575. The molecule has 0 radical (unpaired) electrons. The van der Waals surface area contributed by atoms with Gasteiger partial charge in [0.05, 0.1) is 17.3 Å². The molecular formula is C15H17ClN2O2S. The number of rotatable bonds is 7. The monoisotopic (exact) mass is 324 g/mol. The van der Waals surface area contributed by atoms with Crippen LogP contribution >= 0.6 is 22.9 Å². The number of amides is 1. The zero-order valence-electron chi connectivity index (χ0n) is 11.7. The van der Waals surface area contributed by atoms with E-state index in [4.69, 9.17) is 16.3 Å². The third kappa shape index (κ3) is 5.12. The van der Waals surface area contributed by atoms with Crippen LogP contribution in [0.1, 0.15) is 23.8 Å². The Morgan fingerprint density at radius 1 is 1.52 bits per heavy atom. The molecule has 1 aromatic carbocycles. The maximum Gasteiger partial charge on any atom is 0.220 e. The highest BCUT2D eigenvalue weighted by Gasteiger charge is 2.12. The number of hydrogen-bond acceptors (Lipinski definition) is 4. The number of aryl methyl sites for hydroxylation is 1. The quantitative estimate of drug-likeness (QED) is 0.850. The van der Waals surface area contributed by atoms with Gasteiger partial charge in [0.15, 0.2) is 0 Å². The van der Waals surface area contributed by atoms with Crippen molar-refractivity contribution in [2.45, 2.75) is 18.9 Å². The van der Waals surface area contributed by atoms with Crippen LogP contribution in [0.4, 0.5) is 0 Å². The minimum absolute atomic E-state index is 0.00734. The lowest BCUT2D eigenvalue weighted by Crippen LogP contribution is -2.29. The molecule has 112 valence electrons. The summed E-state index contributed by atoms with van der Waals surface area (Å²) < 4.78 is 5.41. The Morgan fingerprint density at radius 3 is 3.05 bits per heavy atom. The number of aromatic nitrogens is 1. The normalized spacial score (nSPS) is 12.1. The fraction of sp³-hybridized carbons (Fsp3) is 0.333. The number of carbonyl (C=O) groups excluding carboxylic acids is 1. The minimum atomic E-state index is -0.202. The Kier molecular flexibility index (Phi) is 6.17. The average molecular weight is 325 g/mol. The van der Waals surface area contributed by atoms with E-state index < -0.39 is 0 Å².